The molecule has 3 nitrogen and oxygen atoms in total. The molecule has 0 bridgehead atoms. The molecule has 0 atom stereocenters. The van der Waals surface area contributed by atoms with E-state index in [2.05, 4.69) is 50.4 Å². The predicted molar refractivity (Wildman–Crippen MR) is 85.2 cm³/mol. The molecule has 0 saturated heterocycles. The molecule has 2 aromatic heterocycles. The van der Waals surface area contributed by atoms with Crippen molar-refractivity contribution in [3.8, 4) is 0 Å². The van der Waals surface area contributed by atoms with E-state index in [1.165, 1.54) is 4.88 Å². The maximum absolute atomic E-state index is 6.16. The number of anilines is 1. The van der Waals surface area contributed by atoms with Crippen LogP contribution in [0, 0.1) is 6.92 Å². The fraction of sp³-hybridized carbons (Fsp3) is 0.385. The van der Waals surface area contributed by atoms with Gasteiger partial charge in [0.25, 0.3) is 0 Å². The van der Waals surface area contributed by atoms with Crippen LogP contribution in [0.1, 0.15) is 36.0 Å². The SMILES string of the molecule is Cc1c(Cl)nc(C(C)C)nc1NCc1sccc1Br. The highest BCUT2D eigenvalue weighted by Crippen LogP contribution is 2.26. The van der Waals surface area contributed by atoms with E-state index in [9.17, 15) is 0 Å². The van der Waals surface area contributed by atoms with Crippen LogP contribution in [0.5, 0.6) is 0 Å². The molecule has 0 spiro atoms. The van der Waals surface area contributed by atoms with Crippen molar-refractivity contribution in [3.63, 3.8) is 0 Å². The van der Waals surface area contributed by atoms with Crippen LogP contribution < -0.4 is 5.32 Å². The topological polar surface area (TPSA) is 37.8 Å². The smallest absolute Gasteiger partial charge is 0.137 e. The monoisotopic (exact) mass is 359 g/mol. The Morgan fingerprint density at radius 2 is 2.16 bits per heavy atom. The molecular weight excluding hydrogens is 346 g/mol. The maximum atomic E-state index is 6.16. The lowest BCUT2D eigenvalue weighted by Gasteiger charge is -2.12. The fourth-order valence-corrected chi connectivity index (χ4v) is 3.16. The fourth-order valence-electron chi connectivity index (χ4n) is 1.55. The van der Waals surface area contributed by atoms with Gasteiger partial charge >= 0.3 is 0 Å². The van der Waals surface area contributed by atoms with Gasteiger partial charge in [-0.2, -0.15) is 0 Å². The van der Waals surface area contributed by atoms with Crippen LogP contribution in [0.2, 0.25) is 5.15 Å². The van der Waals surface area contributed by atoms with E-state index in [0.717, 1.165) is 28.2 Å². The highest BCUT2D eigenvalue weighted by molar-refractivity contribution is 9.10. The molecular formula is C13H15BrClN3S. The lowest BCUT2D eigenvalue weighted by atomic mass is 10.2. The largest absolute Gasteiger partial charge is 0.365 e. The molecule has 0 aliphatic carbocycles. The summed E-state index contributed by atoms with van der Waals surface area (Å²) in [6.07, 6.45) is 0. The summed E-state index contributed by atoms with van der Waals surface area (Å²) in [5, 5.41) is 5.91. The van der Waals surface area contributed by atoms with Crippen LogP contribution >= 0.6 is 38.9 Å². The van der Waals surface area contributed by atoms with Crippen molar-refractivity contribution in [1.82, 2.24) is 9.97 Å². The molecule has 0 aliphatic rings. The average Bonchev–Trinajstić information content (AvgIpc) is 2.76. The summed E-state index contributed by atoms with van der Waals surface area (Å²) in [4.78, 5) is 10.1. The van der Waals surface area contributed by atoms with E-state index in [-0.39, 0.29) is 5.92 Å². The Labute approximate surface area is 130 Å². The number of hydrogen-bond donors (Lipinski definition) is 1. The molecule has 0 aliphatic heterocycles. The van der Waals surface area contributed by atoms with Gasteiger partial charge in [-0.15, -0.1) is 11.3 Å². The maximum Gasteiger partial charge on any atom is 0.137 e. The van der Waals surface area contributed by atoms with Crippen LogP contribution in [0.15, 0.2) is 15.9 Å². The third-order valence-electron chi connectivity index (χ3n) is 2.73. The van der Waals surface area contributed by atoms with E-state index < -0.39 is 0 Å². The van der Waals surface area contributed by atoms with Gasteiger partial charge in [0.1, 0.15) is 16.8 Å². The molecule has 102 valence electrons. The summed E-state index contributed by atoms with van der Waals surface area (Å²) >= 11 is 11.4. The zero-order valence-corrected chi connectivity index (χ0v) is 14.2. The number of hydrogen-bond acceptors (Lipinski definition) is 4. The Balaban J connectivity index is 2.22. The molecule has 19 heavy (non-hydrogen) atoms. The molecule has 6 heteroatoms. The second kappa shape index (κ2) is 6.20. The molecule has 0 aromatic carbocycles. The van der Waals surface area contributed by atoms with Gasteiger partial charge in [-0.05, 0) is 34.3 Å². The van der Waals surface area contributed by atoms with E-state index in [0.29, 0.717) is 5.15 Å². The van der Waals surface area contributed by atoms with Crippen molar-refractivity contribution in [2.75, 3.05) is 5.32 Å². The van der Waals surface area contributed by atoms with Gasteiger partial charge in [-0.1, -0.05) is 25.4 Å². The number of rotatable bonds is 4. The van der Waals surface area contributed by atoms with E-state index in [1.54, 1.807) is 11.3 Å². The predicted octanol–water partition coefficient (Wildman–Crippen LogP) is 5.00. The first-order valence-electron chi connectivity index (χ1n) is 5.98. The zero-order chi connectivity index (χ0) is 14.0. The van der Waals surface area contributed by atoms with E-state index in [4.69, 9.17) is 11.6 Å². The van der Waals surface area contributed by atoms with E-state index >= 15 is 0 Å². The van der Waals surface area contributed by atoms with Crippen LogP contribution in [0.3, 0.4) is 0 Å². The summed E-state index contributed by atoms with van der Waals surface area (Å²) in [6.45, 7) is 6.77. The van der Waals surface area contributed by atoms with Gasteiger partial charge < -0.3 is 5.32 Å². The average molecular weight is 361 g/mol. The number of aromatic nitrogens is 2. The Morgan fingerprint density at radius 1 is 1.42 bits per heavy atom. The van der Waals surface area contributed by atoms with Gasteiger partial charge in [0, 0.05) is 20.8 Å². The minimum Gasteiger partial charge on any atom is -0.365 e. The first-order valence-corrected chi connectivity index (χ1v) is 8.04. The summed E-state index contributed by atoms with van der Waals surface area (Å²) in [6, 6.07) is 2.04. The van der Waals surface area contributed by atoms with Gasteiger partial charge in [-0.25, -0.2) is 9.97 Å². The third-order valence-corrected chi connectivity index (χ3v) is 5.02. The number of nitrogens with zero attached hydrogens (tertiary/aromatic N) is 2. The molecule has 0 saturated carbocycles. The highest BCUT2D eigenvalue weighted by atomic mass is 79.9. The molecule has 0 unspecified atom stereocenters. The molecule has 0 radical (unpaired) electrons. The van der Waals surface area contributed by atoms with Crippen molar-refractivity contribution in [2.24, 2.45) is 0 Å². The Kier molecular flexibility index (Phi) is 4.81. The number of nitrogens with one attached hydrogen (secondary N) is 1. The van der Waals surface area contributed by atoms with Crippen molar-refractivity contribution < 1.29 is 0 Å². The molecule has 0 fully saturated rings. The Bertz CT molecular complexity index is 583. The normalized spacial score (nSPS) is 11.1. The second-order valence-corrected chi connectivity index (χ2v) is 6.76. The molecule has 1 N–H and O–H groups in total. The molecule has 2 aromatic rings. The molecule has 0 amide bonds. The van der Waals surface area contributed by atoms with Gasteiger partial charge in [0.2, 0.25) is 0 Å². The van der Waals surface area contributed by atoms with Crippen molar-refractivity contribution in [1.29, 1.82) is 0 Å². The number of halogens is 2. The Morgan fingerprint density at radius 3 is 2.74 bits per heavy atom. The number of thiophene rings is 1. The second-order valence-electron chi connectivity index (χ2n) is 4.55. The van der Waals surface area contributed by atoms with Crippen molar-refractivity contribution >= 4 is 44.7 Å². The molecule has 2 heterocycles. The summed E-state index contributed by atoms with van der Waals surface area (Å²) in [5.74, 6) is 1.83. The highest BCUT2D eigenvalue weighted by Gasteiger charge is 2.12. The van der Waals surface area contributed by atoms with Crippen LogP contribution in [-0.2, 0) is 6.54 Å². The summed E-state index contributed by atoms with van der Waals surface area (Å²) in [5.41, 5.74) is 0.888. The summed E-state index contributed by atoms with van der Waals surface area (Å²) < 4.78 is 1.12. The first kappa shape index (κ1) is 14.8. The van der Waals surface area contributed by atoms with Gasteiger partial charge in [0.05, 0.1) is 6.54 Å². The Hall–Kier alpha value is -0.650. The first-order chi connectivity index (χ1) is 8.99. The third kappa shape index (κ3) is 3.46. The van der Waals surface area contributed by atoms with Crippen molar-refractivity contribution in [3.05, 3.63) is 37.3 Å². The van der Waals surface area contributed by atoms with Crippen LogP contribution in [0.4, 0.5) is 5.82 Å². The van der Waals surface area contributed by atoms with Gasteiger partial charge in [-0.3, -0.25) is 0 Å². The van der Waals surface area contributed by atoms with Crippen LogP contribution in [0.25, 0.3) is 0 Å². The molecule has 2 rings (SSSR count). The van der Waals surface area contributed by atoms with E-state index in [1.807, 2.05) is 13.0 Å². The summed E-state index contributed by atoms with van der Waals surface area (Å²) in [7, 11) is 0. The van der Waals surface area contributed by atoms with Crippen LogP contribution in [-0.4, -0.2) is 9.97 Å². The standard InChI is InChI=1S/C13H15BrClN3S/c1-7(2)12-17-11(15)8(3)13(18-12)16-6-10-9(14)4-5-19-10/h4-5,7H,6H2,1-3H3,(H,16,17,18). The quantitative estimate of drug-likeness (QED) is 0.780. The minimum atomic E-state index is 0.257. The lowest BCUT2D eigenvalue weighted by molar-refractivity contribution is 0.771. The lowest BCUT2D eigenvalue weighted by Crippen LogP contribution is -2.07. The van der Waals surface area contributed by atoms with Gasteiger partial charge in [0.15, 0.2) is 0 Å². The zero-order valence-electron chi connectivity index (χ0n) is 11.0. The minimum absolute atomic E-state index is 0.257. The van der Waals surface area contributed by atoms with Crippen molar-refractivity contribution in [2.45, 2.75) is 33.2 Å².